The maximum Gasteiger partial charge on any atom is 0.416 e. The maximum atomic E-state index is 13.3. The summed E-state index contributed by atoms with van der Waals surface area (Å²) in [6.45, 7) is 5.90. The van der Waals surface area contributed by atoms with E-state index in [-0.39, 0.29) is 29.9 Å². The van der Waals surface area contributed by atoms with Gasteiger partial charge in [-0.15, -0.1) is 0 Å². The molecule has 1 aromatic rings. The Hall–Kier alpha value is -2.25. The number of amides is 2. The quantitative estimate of drug-likeness (QED) is 0.641. The van der Waals surface area contributed by atoms with E-state index in [1.54, 1.807) is 4.90 Å². The number of hydrogen-bond donors (Lipinski definition) is 0. The van der Waals surface area contributed by atoms with Gasteiger partial charge in [0, 0.05) is 25.6 Å². The van der Waals surface area contributed by atoms with Crippen molar-refractivity contribution in [3.63, 3.8) is 0 Å². The number of carbonyl (C=O) groups is 2. The molecule has 5 nitrogen and oxygen atoms in total. The molecule has 2 amide bonds. The standard InChI is InChI=1S/C23H31F3N2O3/c1-16(2)15-31-22(30)27-13-10-18(11-14-27)21(29)28-12-4-3-5-20(28)17-6-8-19(9-7-17)23(24,25)26/h6-9,16,18,20H,3-5,10-15H2,1-2H3. The molecule has 2 fully saturated rings. The lowest BCUT2D eigenvalue weighted by Crippen LogP contribution is -2.46. The van der Waals surface area contributed by atoms with Gasteiger partial charge in [-0.1, -0.05) is 26.0 Å². The van der Waals surface area contributed by atoms with E-state index in [1.807, 2.05) is 18.7 Å². The fourth-order valence-corrected chi connectivity index (χ4v) is 4.31. The Morgan fingerprint density at radius 2 is 1.68 bits per heavy atom. The molecule has 2 saturated heterocycles. The molecule has 0 N–H and O–H groups in total. The van der Waals surface area contributed by atoms with Crippen LogP contribution in [0.15, 0.2) is 24.3 Å². The Morgan fingerprint density at radius 3 is 2.26 bits per heavy atom. The average molecular weight is 441 g/mol. The molecule has 0 bridgehead atoms. The molecule has 3 rings (SSSR count). The first-order valence-corrected chi connectivity index (χ1v) is 11.1. The number of halogens is 3. The highest BCUT2D eigenvalue weighted by atomic mass is 19.4. The number of rotatable bonds is 4. The number of hydrogen-bond acceptors (Lipinski definition) is 3. The highest BCUT2D eigenvalue weighted by Gasteiger charge is 2.36. The van der Waals surface area contributed by atoms with Gasteiger partial charge in [-0.05, 0) is 55.7 Å². The molecule has 0 spiro atoms. The highest BCUT2D eigenvalue weighted by Crippen LogP contribution is 2.36. The van der Waals surface area contributed by atoms with E-state index in [1.165, 1.54) is 12.1 Å². The summed E-state index contributed by atoms with van der Waals surface area (Å²) < 4.78 is 43.9. The van der Waals surface area contributed by atoms with Crippen LogP contribution in [0.25, 0.3) is 0 Å². The minimum absolute atomic E-state index is 0.0415. The second kappa shape index (κ2) is 9.92. The largest absolute Gasteiger partial charge is 0.449 e. The third-order valence-corrected chi connectivity index (χ3v) is 6.05. The van der Waals surface area contributed by atoms with Crippen molar-refractivity contribution in [2.24, 2.45) is 11.8 Å². The van der Waals surface area contributed by atoms with Crippen LogP contribution >= 0.6 is 0 Å². The van der Waals surface area contributed by atoms with Crippen LogP contribution in [0.3, 0.4) is 0 Å². The summed E-state index contributed by atoms with van der Waals surface area (Å²) in [7, 11) is 0. The van der Waals surface area contributed by atoms with E-state index in [0.29, 0.717) is 39.1 Å². The molecule has 2 aliphatic heterocycles. The minimum Gasteiger partial charge on any atom is -0.449 e. The predicted molar refractivity (Wildman–Crippen MR) is 110 cm³/mol. The van der Waals surface area contributed by atoms with Crippen molar-refractivity contribution >= 4 is 12.0 Å². The van der Waals surface area contributed by atoms with Crippen molar-refractivity contribution in [2.45, 2.75) is 58.2 Å². The van der Waals surface area contributed by atoms with Gasteiger partial charge in [0.2, 0.25) is 5.91 Å². The van der Waals surface area contributed by atoms with Gasteiger partial charge in [0.15, 0.2) is 0 Å². The molecule has 0 radical (unpaired) electrons. The smallest absolute Gasteiger partial charge is 0.416 e. The lowest BCUT2D eigenvalue weighted by atomic mass is 9.90. The number of piperidine rings is 2. The molecule has 0 aliphatic carbocycles. The molecule has 2 aliphatic rings. The first-order valence-electron chi connectivity index (χ1n) is 11.1. The molecule has 1 aromatic carbocycles. The number of benzene rings is 1. The minimum atomic E-state index is -4.37. The summed E-state index contributed by atoms with van der Waals surface area (Å²) in [5.41, 5.74) is 0.0670. The summed E-state index contributed by atoms with van der Waals surface area (Å²) in [6.07, 6.45) is -0.973. The van der Waals surface area contributed by atoms with Crippen molar-refractivity contribution in [1.82, 2.24) is 9.80 Å². The first-order chi connectivity index (χ1) is 14.7. The van der Waals surface area contributed by atoms with Crippen molar-refractivity contribution in [3.05, 3.63) is 35.4 Å². The van der Waals surface area contributed by atoms with Gasteiger partial charge in [-0.25, -0.2) is 4.79 Å². The summed E-state index contributed by atoms with van der Waals surface area (Å²) in [5.74, 6) is 0.133. The molecule has 1 atom stereocenters. The van der Waals surface area contributed by atoms with E-state index < -0.39 is 11.7 Å². The van der Waals surface area contributed by atoms with E-state index in [9.17, 15) is 22.8 Å². The molecule has 0 saturated carbocycles. The van der Waals surface area contributed by atoms with Crippen molar-refractivity contribution in [1.29, 1.82) is 0 Å². The van der Waals surface area contributed by atoms with Gasteiger partial charge in [0.1, 0.15) is 0 Å². The van der Waals surface area contributed by atoms with E-state index >= 15 is 0 Å². The summed E-state index contributed by atoms with van der Waals surface area (Å²) in [5, 5.41) is 0. The Balaban J connectivity index is 1.62. The SMILES string of the molecule is CC(C)COC(=O)N1CCC(C(=O)N2CCCCC2c2ccc(C(F)(F)F)cc2)CC1. The van der Waals surface area contributed by atoms with Gasteiger partial charge < -0.3 is 14.5 Å². The normalized spacial score (nSPS) is 20.8. The fraction of sp³-hybridized carbons (Fsp3) is 0.652. The van der Waals surface area contributed by atoms with Crippen molar-refractivity contribution in [3.8, 4) is 0 Å². The fourth-order valence-electron chi connectivity index (χ4n) is 4.31. The van der Waals surface area contributed by atoms with Gasteiger partial charge in [-0.2, -0.15) is 13.2 Å². The first kappa shape index (κ1) is 23.4. The Bertz CT molecular complexity index is 756. The predicted octanol–water partition coefficient (Wildman–Crippen LogP) is 5.26. The van der Waals surface area contributed by atoms with Crippen LogP contribution in [0.1, 0.15) is 63.1 Å². The Kier molecular flexibility index (Phi) is 7.49. The van der Waals surface area contributed by atoms with E-state index in [0.717, 1.165) is 37.0 Å². The molecule has 31 heavy (non-hydrogen) atoms. The summed E-state index contributed by atoms with van der Waals surface area (Å²) >= 11 is 0. The van der Waals surface area contributed by atoms with Crippen LogP contribution in [0, 0.1) is 11.8 Å². The van der Waals surface area contributed by atoms with Crippen LogP contribution in [-0.4, -0.2) is 48.0 Å². The monoisotopic (exact) mass is 440 g/mol. The lowest BCUT2D eigenvalue weighted by Gasteiger charge is -2.40. The lowest BCUT2D eigenvalue weighted by molar-refractivity contribution is -0.141. The van der Waals surface area contributed by atoms with Gasteiger partial charge >= 0.3 is 12.3 Å². The molecule has 8 heteroatoms. The van der Waals surface area contributed by atoms with Crippen LogP contribution in [-0.2, 0) is 15.7 Å². The zero-order valence-electron chi connectivity index (χ0n) is 18.2. The third-order valence-electron chi connectivity index (χ3n) is 6.05. The van der Waals surface area contributed by atoms with E-state index in [2.05, 4.69) is 0 Å². The molecule has 1 unspecified atom stereocenters. The Labute approximate surface area is 181 Å². The number of likely N-dealkylation sites (tertiary alicyclic amines) is 2. The summed E-state index contributed by atoms with van der Waals surface area (Å²) in [6, 6.07) is 4.97. The Morgan fingerprint density at radius 1 is 1.03 bits per heavy atom. The number of carbonyl (C=O) groups excluding carboxylic acids is 2. The second-order valence-electron chi connectivity index (χ2n) is 8.90. The number of nitrogens with zero attached hydrogens (tertiary/aromatic N) is 2. The molecule has 172 valence electrons. The zero-order chi connectivity index (χ0) is 22.6. The van der Waals surface area contributed by atoms with Crippen LogP contribution < -0.4 is 0 Å². The van der Waals surface area contributed by atoms with Crippen molar-refractivity contribution in [2.75, 3.05) is 26.2 Å². The molecule has 0 aromatic heterocycles. The number of ether oxygens (including phenoxy) is 1. The summed E-state index contributed by atoms with van der Waals surface area (Å²) in [4.78, 5) is 28.9. The van der Waals surface area contributed by atoms with E-state index in [4.69, 9.17) is 4.74 Å². The van der Waals surface area contributed by atoms with Crippen LogP contribution in [0.4, 0.5) is 18.0 Å². The number of alkyl halides is 3. The topological polar surface area (TPSA) is 49.9 Å². The maximum absolute atomic E-state index is 13.3. The zero-order valence-corrected chi connectivity index (χ0v) is 18.2. The molecular weight excluding hydrogens is 409 g/mol. The molecule has 2 heterocycles. The van der Waals surface area contributed by atoms with Crippen LogP contribution in [0.2, 0.25) is 0 Å². The second-order valence-corrected chi connectivity index (χ2v) is 8.90. The van der Waals surface area contributed by atoms with Crippen molar-refractivity contribution < 1.29 is 27.5 Å². The van der Waals surface area contributed by atoms with Gasteiger partial charge in [-0.3, -0.25) is 4.79 Å². The third kappa shape index (κ3) is 5.92. The van der Waals surface area contributed by atoms with Gasteiger partial charge in [0.25, 0.3) is 0 Å². The highest BCUT2D eigenvalue weighted by molar-refractivity contribution is 5.80. The average Bonchev–Trinajstić information content (AvgIpc) is 2.76. The van der Waals surface area contributed by atoms with Crippen LogP contribution in [0.5, 0.6) is 0 Å². The van der Waals surface area contributed by atoms with Gasteiger partial charge in [0.05, 0.1) is 18.2 Å². The molecular formula is C23H31F3N2O3.